The van der Waals surface area contributed by atoms with Gasteiger partial charge in [-0.3, -0.25) is 4.68 Å². The fourth-order valence-corrected chi connectivity index (χ4v) is 2.84. The van der Waals surface area contributed by atoms with E-state index >= 15 is 0 Å². The number of hydrogen-bond acceptors (Lipinski definition) is 3. The van der Waals surface area contributed by atoms with Gasteiger partial charge in [0.05, 0.1) is 5.69 Å². The molecule has 2 rings (SSSR count). The van der Waals surface area contributed by atoms with Gasteiger partial charge in [0.25, 0.3) is 0 Å². The van der Waals surface area contributed by atoms with Gasteiger partial charge in [-0.2, -0.15) is 5.10 Å². The summed E-state index contributed by atoms with van der Waals surface area (Å²) in [6.45, 7) is 4.95. The third-order valence-corrected chi connectivity index (χ3v) is 3.99. The molecule has 2 aromatic heterocycles. The van der Waals surface area contributed by atoms with Crippen molar-refractivity contribution < 1.29 is 0 Å². The molecule has 17 heavy (non-hydrogen) atoms. The third kappa shape index (κ3) is 2.42. The molecule has 0 spiro atoms. The molecular weight excluding hydrogens is 230 g/mol. The van der Waals surface area contributed by atoms with Crippen LogP contribution in [0.4, 0.5) is 0 Å². The van der Waals surface area contributed by atoms with Crippen molar-refractivity contribution in [1.29, 1.82) is 0 Å². The molecule has 0 saturated carbocycles. The molecule has 1 atom stereocenters. The van der Waals surface area contributed by atoms with E-state index in [0.29, 0.717) is 12.5 Å². The van der Waals surface area contributed by atoms with Gasteiger partial charge in [0.15, 0.2) is 0 Å². The third-order valence-electron chi connectivity index (χ3n) is 3.01. The van der Waals surface area contributed by atoms with Crippen LogP contribution in [0.25, 0.3) is 0 Å². The molecule has 2 aromatic rings. The largest absolute Gasteiger partial charge is 0.329 e. The topological polar surface area (TPSA) is 43.8 Å². The Labute approximate surface area is 106 Å². The summed E-state index contributed by atoms with van der Waals surface area (Å²) < 4.78 is 1.96. The van der Waals surface area contributed by atoms with Crippen LogP contribution < -0.4 is 5.73 Å². The molecule has 2 heterocycles. The van der Waals surface area contributed by atoms with E-state index in [1.165, 1.54) is 10.6 Å². The maximum atomic E-state index is 5.92. The van der Waals surface area contributed by atoms with E-state index in [4.69, 9.17) is 5.73 Å². The molecule has 0 aromatic carbocycles. The second kappa shape index (κ2) is 5.02. The van der Waals surface area contributed by atoms with Gasteiger partial charge >= 0.3 is 0 Å². The highest BCUT2D eigenvalue weighted by Gasteiger charge is 2.19. The number of rotatable bonds is 4. The second-order valence-electron chi connectivity index (χ2n) is 4.58. The molecule has 1 unspecified atom stereocenters. The van der Waals surface area contributed by atoms with Crippen molar-refractivity contribution in [2.24, 2.45) is 12.8 Å². The quantitative estimate of drug-likeness (QED) is 0.905. The Kier molecular flexibility index (Phi) is 3.64. The van der Waals surface area contributed by atoms with Crippen LogP contribution in [0, 0.1) is 0 Å². The van der Waals surface area contributed by atoms with Gasteiger partial charge in [0.2, 0.25) is 0 Å². The van der Waals surface area contributed by atoms with Crippen molar-refractivity contribution in [3.8, 4) is 0 Å². The Morgan fingerprint density at radius 2 is 2.24 bits per heavy atom. The van der Waals surface area contributed by atoms with E-state index in [1.807, 2.05) is 11.7 Å². The summed E-state index contributed by atoms with van der Waals surface area (Å²) in [5, 5.41) is 6.65. The molecule has 0 aliphatic rings. The zero-order chi connectivity index (χ0) is 12.4. The molecule has 2 N–H and O–H groups in total. The molecule has 92 valence electrons. The van der Waals surface area contributed by atoms with Gasteiger partial charge in [-0.15, -0.1) is 11.3 Å². The van der Waals surface area contributed by atoms with Crippen LogP contribution in [-0.4, -0.2) is 16.3 Å². The fourth-order valence-electron chi connectivity index (χ4n) is 1.99. The van der Waals surface area contributed by atoms with E-state index in [9.17, 15) is 0 Å². The minimum atomic E-state index is 0.264. The number of thiophene rings is 1. The minimum Gasteiger partial charge on any atom is -0.329 e. The first-order valence-corrected chi connectivity index (χ1v) is 6.78. The molecule has 0 bridgehead atoms. The van der Waals surface area contributed by atoms with E-state index < -0.39 is 0 Å². The van der Waals surface area contributed by atoms with Crippen LogP contribution in [0.3, 0.4) is 0 Å². The average Bonchev–Trinajstić information content (AvgIpc) is 2.90. The Bertz CT molecular complexity index is 471. The zero-order valence-electron chi connectivity index (χ0n) is 10.6. The van der Waals surface area contributed by atoms with Crippen molar-refractivity contribution in [2.45, 2.75) is 25.7 Å². The number of nitrogens with two attached hydrogens (primary N) is 1. The molecular formula is C13H19N3S. The smallest absolute Gasteiger partial charge is 0.0653 e. The molecule has 0 aliphatic carbocycles. The Morgan fingerprint density at radius 3 is 2.71 bits per heavy atom. The summed E-state index contributed by atoms with van der Waals surface area (Å²) in [4.78, 5) is 1.31. The average molecular weight is 249 g/mol. The predicted octanol–water partition coefficient (Wildman–Crippen LogP) is 2.70. The first-order valence-electron chi connectivity index (χ1n) is 5.90. The van der Waals surface area contributed by atoms with Crippen LogP contribution >= 0.6 is 11.3 Å². The molecule has 0 radical (unpaired) electrons. The summed E-state index contributed by atoms with van der Waals surface area (Å²) >= 11 is 1.76. The molecule has 3 nitrogen and oxygen atoms in total. The van der Waals surface area contributed by atoms with Crippen LogP contribution in [0.2, 0.25) is 0 Å². The Balaban J connectivity index is 2.37. The lowest BCUT2D eigenvalue weighted by Gasteiger charge is -2.12. The summed E-state index contributed by atoms with van der Waals surface area (Å²) in [5.74, 6) is 0.719. The van der Waals surface area contributed by atoms with E-state index in [0.717, 1.165) is 5.69 Å². The zero-order valence-corrected chi connectivity index (χ0v) is 11.4. The van der Waals surface area contributed by atoms with Gasteiger partial charge in [0.1, 0.15) is 0 Å². The van der Waals surface area contributed by atoms with Crippen molar-refractivity contribution in [3.63, 3.8) is 0 Å². The van der Waals surface area contributed by atoms with Gasteiger partial charge in [-0.1, -0.05) is 19.9 Å². The lowest BCUT2D eigenvalue weighted by molar-refractivity contribution is 0.653. The summed E-state index contributed by atoms with van der Waals surface area (Å²) in [7, 11) is 2.00. The van der Waals surface area contributed by atoms with Crippen LogP contribution in [-0.2, 0) is 7.05 Å². The molecule has 0 fully saturated rings. The SMILES string of the molecule is CC(C)c1cc(C(CN)c2cccs2)n(C)n1. The maximum Gasteiger partial charge on any atom is 0.0653 e. The second-order valence-corrected chi connectivity index (χ2v) is 5.56. The van der Waals surface area contributed by atoms with Crippen LogP contribution in [0.5, 0.6) is 0 Å². The Hall–Kier alpha value is -1.13. The Morgan fingerprint density at radius 1 is 1.47 bits per heavy atom. The van der Waals surface area contributed by atoms with Gasteiger partial charge in [-0.25, -0.2) is 0 Å². The van der Waals surface area contributed by atoms with Crippen molar-refractivity contribution >= 4 is 11.3 Å². The molecule has 0 saturated heterocycles. The highest BCUT2D eigenvalue weighted by molar-refractivity contribution is 7.10. The molecule has 4 heteroatoms. The number of aromatic nitrogens is 2. The van der Waals surface area contributed by atoms with E-state index in [1.54, 1.807) is 11.3 Å². The number of hydrogen-bond donors (Lipinski definition) is 1. The first-order chi connectivity index (χ1) is 8.13. The number of nitrogens with zero attached hydrogens (tertiary/aromatic N) is 2. The van der Waals surface area contributed by atoms with Crippen molar-refractivity contribution in [2.75, 3.05) is 6.54 Å². The number of aryl methyl sites for hydroxylation is 1. The van der Waals surface area contributed by atoms with Crippen molar-refractivity contribution in [3.05, 3.63) is 39.8 Å². The highest BCUT2D eigenvalue weighted by atomic mass is 32.1. The lowest BCUT2D eigenvalue weighted by atomic mass is 10.0. The standard InChI is InChI=1S/C13H19N3S/c1-9(2)11-7-12(16(3)15-11)10(8-14)13-5-4-6-17-13/h4-7,9-10H,8,14H2,1-3H3. The van der Waals surface area contributed by atoms with E-state index in [-0.39, 0.29) is 5.92 Å². The maximum absolute atomic E-state index is 5.92. The molecule has 0 aliphatic heterocycles. The normalized spacial score (nSPS) is 13.2. The predicted molar refractivity (Wildman–Crippen MR) is 72.5 cm³/mol. The summed E-state index contributed by atoms with van der Waals surface area (Å²) in [6, 6.07) is 6.40. The molecule has 0 amide bonds. The van der Waals surface area contributed by atoms with Crippen molar-refractivity contribution in [1.82, 2.24) is 9.78 Å². The van der Waals surface area contributed by atoms with Gasteiger partial charge < -0.3 is 5.73 Å². The fraction of sp³-hybridized carbons (Fsp3) is 0.462. The van der Waals surface area contributed by atoms with Crippen LogP contribution in [0.1, 0.15) is 41.9 Å². The minimum absolute atomic E-state index is 0.264. The van der Waals surface area contributed by atoms with E-state index in [2.05, 4.69) is 42.5 Å². The van der Waals surface area contributed by atoms with Gasteiger partial charge in [-0.05, 0) is 23.4 Å². The monoisotopic (exact) mass is 249 g/mol. The van der Waals surface area contributed by atoms with Gasteiger partial charge in [0, 0.05) is 30.1 Å². The highest BCUT2D eigenvalue weighted by Crippen LogP contribution is 2.28. The first kappa shape index (κ1) is 12.3. The summed E-state index contributed by atoms with van der Waals surface area (Å²) in [6.07, 6.45) is 0. The van der Waals surface area contributed by atoms with Crippen LogP contribution in [0.15, 0.2) is 23.6 Å². The summed E-state index contributed by atoms with van der Waals surface area (Å²) in [5.41, 5.74) is 8.26. The lowest BCUT2D eigenvalue weighted by Crippen LogP contribution is -2.15.